The van der Waals surface area contributed by atoms with Crippen molar-refractivity contribution < 1.29 is 37.0 Å². The van der Waals surface area contributed by atoms with Crippen LogP contribution in [0.4, 0.5) is 35.1 Å². The van der Waals surface area contributed by atoms with E-state index in [1.807, 2.05) is 17.9 Å². The summed E-state index contributed by atoms with van der Waals surface area (Å²) in [6, 6.07) is 1.90. The van der Waals surface area contributed by atoms with Gasteiger partial charge in [0.1, 0.15) is 11.6 Å². The molecule has 3 saturated carbocycles. The van der Waals surface area contributed by atoms with Crippen molar-refractivity contribution in [2.45, 2.75) is 101 Å². The SMILES string of the molecule is CC1CC2CC(C1)C(NC(=O)c1cnc(N3CC4(CCCCC4)c4cc(OC5CCN(c6ncc(F)cn6)CC5)ncc43)nc1C(F)(F)F)(C(=O)O)C2. The van der Waals surface area contributed by atoms with Crippen molar-refractivity contribution in [3.63, 3.8) is 0 Å². The summed E-state index contributed by atoms with van der Waals surface area (Å²) in [5.74, 6) is -2.22. The fourth-order valence-electron chi connectivity index (χ4n) is 9.81. The van der Waals surface area contributed by atoms with Crippen LogP contribution in [0.3, 0.4) is 0 Å². The Morgan fingerprint density at radius 3 is 2.38 bits per heavy atom. The normalized spacial score (nSPS) is 26.8. The predicted molar refractivity (Wildman–Crippen MR) is 183 cm³/mol. The van der Waals surface area contributed by atoms with E-state index in [0.717, 1.165) is 62.7 Å². The van der Waals surface area contributed by atoms with Crippen molar-refractivity contribution in [2.75, 3.05) is 29.4 Å². The Morgan fingerprint density at radius 2 is 1.68 bits per heavy atom. The van der Waals surface area contributed by atoms with Crippen molar-refractivity contribution in [2.24, 2.45) is 17.8 Å². The van der Waals surface area contributed by atoms with Gasteiger partial charge in [0.25, 0.3) is 5.91 Å². The van der Waals surface area contributed by atoms with E-state index in [9.17, 15) is 32.3 Å². The smallest absolute Gasteiger partial charge is 0.434 e. The Labute approximate surface area is 303 Å². The summed E-state index contributed by atoms with van der Waals surface area (Å²) in [6.07, 6.45) is 7.73. The standard InChI is InChI=1S/C37H42F4N8O4/c1-21-11-22-13-23(12-21)36(15-22,32(51)52)47-31(50)26-18-45-34(46-30(26)37(39,40)41)49-20-35(7-3-2-4-8-35)27-14-29(42-19-28(27)49)53-25-5-9-48(10-6-25)33-43-16-24(38)17-44-33/h14,16-19,21-23,25H,2-13,15,20H2,1H3,(H,47,50)(H,51,52). The number of hydrogen-bond acceptors (Lipinski definition) is 10. The third-order valence-corrected chi connectivity index (χ3v) is 12.2. The summed E-state index contributed by atoms with van der Waals surface area (Å²) >= 11 is 0. The van der Waals surface area contributed by atoms with Gasteiger partial charge in [-0.15, -0.1) is 0 Å². The average molecular weight is 739 g/mol. The predicted octanol–water partition coefficient (Wildman–Crippen LogP) is 6.23. The number of nitrogens with zero attached hydrogens (tertiary/aromatic N) is 7. The van der Waals surface area contributed by atoms with Crippen LogP contribution in [0.2, 0.25) is 0 Å². The minimum atomic E-state index is -5.01. The molecule has 2 N–H and O–H groups in total. The number of carbonyl (C=O) groups excluding carboxylic acids is 1. The van der Waals surface area contributed by atoms with Crippen molar-refractivity contribution in [1.82, 2.24) is 30.2 Å². The van der Waals surface area contributed by atoms with Gasteiger partial charge in [0.05, 0.1) is 29.8 Å². The van der Waals surface area contributed by atoms with E-state index >= 15 is 0 Å². The summed E-state index contributed by atoms with van der Waals surface area (Å²) in [6.45, 7) is 3.60. The van der Waals surface area contributed by atoms with Gasteiger partial charge in [-0.3, -0.25) is 4.79 Å². The summed E-state index contributed by atoms with van der Waals surface area (Å²) < 4.78 is 63.8. The van der Waals surface area contributed by atoms with Crippen LogP contribution in [0.15, 0.2) is 30.9 Å². The summed E-state index contributed by atoms with van der Waals surface area (Å²) in [5, 5.41) is 12.8. The van der Waals surface area contributed by atoms with E-state index in [2.05, 4.69) is 30.2 Å². The van der Waals surface area contributed by atoms with Gasteiger partial charge in [0, 0.05) is 50.2 Å². The maximum Gasteiger partial charge on any atom is 0.434 e. The topological polar surface area (TPSA) is 147 Å². The van der Waals surface area contributed by atoms with E-state index in [-0.39, 0.29) is 41.6 Å². The van der Waals surface area contributed by atoms with Gasteiger partial charge in [0.15, 0.2) is 11.5 Å². The number of carboxylic acid groups (broad SMARTS) is 1. The molecule has 53 heavy (non-hydrogen) atoms. The molecule has 2 aliphatic heterocycles. The molecule has 8 rings (SSSR count). The highest BCUT2D eigenvalue weighted by atomic mass is 19.4. The molecular weight excluding hydrogens is 696 g/mol. The zero-order valence-electron chi connectivity index (χ0n) is 29.4. The first kappa shape index (κ1) is 35.4. The number of aliphatic carboxylic acids is 1. The molecule has 0 aromatic carbocycles. The van der Waals surface area contributed by atoms with Crippen molar-refractivity contribution in [3.8, 4) is 5.88 Å². The van der Waals surface area contributed by atoms with Crippen LogP contribution in [-0.2, 0) is 16.4 Å². The van der Waals surface area contributed by atoms with Gasteiger partial charge < -0.3 is 25.0 Å². The molecule has 4 atom stereocenters. The molecule has 1 amide bonds. The number of piperidine rings is 1. The summed E-state index contributed by atoms with van der Waals surface area (Å²) in [5.41, 5.74) is -2.72. The number of pyridine rings is 1. The number of anilines is 3. The lowest BCUT2D eigenvalue weighted by Gasteiger charge is -2.34. The lowest BCUT2D eigenvalue weighted by molar-refractivity contribution is -0.146. The zero-order valence-corrected chi connectivity index (χ0v) is 29.4. The average Bonchev–Trinajstić information content (AvgIpc) is 3.58. The molecule has 16 heteroatoms. The minimum Gasteiger partial charge on any atom is -0.479 e. The number of halogens is 4. The number of rotatable bonds is 7. The van der Waals surface area contributed by atoms with Gasteiger partial charge in [-0.1, -0.05) is 26.2 Å². The van der Waals surface area contributed by atoms with Crippen LogP contribution in [0.1, 0.15) is 99.2 Å². The summed E-state index contributed by atoms with van der Waals surface area (Å²) in [4.78, 5) is 50.9. The van der Waals surface area contributed by atoms with Gasteiger partial charge in [-0.25, -0.2) is 34.1 Å². The molecule has 1 spiro atoms. The number of nitrogens with one attached hydrogen (secondary N) is 1. The van der Waals surface area contributed by atoms with Gasteiger partial charge in [-0.2, -0.15) is 13.2 Å². The molecule has 1 saturated heterocycles. The second kappa shape index (κ2) is 13.3. The highest BCUT2D eigenvalue weighted by molar-refractivity contribution is 5.99. The van der Waals surface area contributed by atoms with Crippen LogP contribution in [0, 0.1) is 23.6 Å². The van der Waals surface area contributed by atoms with Crippen LogP contribution in [-0.4, -0.2) is 73.2 Å². The third kappa shape index (κ3) is 6.51. The van der Waals surface area contributed by atoms with Gasteiger partial charge >= 0.3 is 12.1 Å². The molecule has 2 bridgehead atoms. The Morgan fingerprint density at radius 1 is 0.962 bits per heavy atom. The quantitative estimate of drug-likeness (QED) is 0.266. The fourth-order valence-corrected chi connectivity index (χ4v) is 9.81. The Kier molecular flexibility index (Phi) is 8.91. The molecule has 5 aliphatic rings. The molecule has 5 heterocycles. The number of alkyl halides is 3. The van der Waals surface area contributed by atoms with E-state index in [0.29, 0.717) is 62.8 Å². The number of ether oxygens (including phenoxy) is 1. The van der Waals surface area contributed by atoms with E-state index < -0.39 is 40.7 Å². The third-order valence-electron chi connectivity index (χ3n) is 12.2. The van der Waals surface area contributed by atoms with E-state index in [4.69, 9.17) is 4.74 Å². The molecule has 4 unspecified atom stereocenters. The molecule has 282 valence electrons. The molecule has 3 aliphatic carbocycles. The highest BCUT2D eigenvalue weighted by Gasteiger charge is 2.57. The Balaban J connectivity index is 1.05. The van der Waals surface area contributed by atoms with Crippen molar-refractivity contribution in [1.29, 1.82) is 0 Å². The van der Waals surface area contributed by atoms with E-state index in [1.165, 1.54) is 0 Å². The maximum atomic E-state index is 14.7. The molecule has 3 aromatic heterocycles. The number of carboxylic acids is 1. The maximum absolute atomic E-state index is 14.7. The Hall–Kier alpha value is -4.63. The first-order valence-electron chi connectivity index (χ1n) is 18.5. The molecule has 3 aromatic rings. The minimum absolute atomic E-state index is 0.0821. The van der Waals surface area contributed by atoms with Crippen LogP contribution in [0.5, 0.6) is 5.88 Å². The van der Waals surface area contributed by atoms with Gasteiger partial charge in [-0.05, 0) is 61.8 Å². The number of carbonyl (C=O) groups is 2. The fraction of sp³-hybridized carbons (Fsp3) is 0.595. The van der Waals surface area contributed by atoms with Gasteiger partial charge in [0.2, 0.25) is 17.8 Å². The number of aromatic nitrogens is 5. The van der Waals surface area contributed by atoms with E-state index in [1.54, 1.807) is 11.1 Å². The molecular formula is C37H42F4N8O4. The largest absolute Gasteiger partial charge is 0.479 e. The summed E-state index contributed by atoms with van der Waals surface area (Å²) in [7, 11) is 0. The number of fused-ring (bicyclic) bond motifs is 4. The first-order chi connectivity index (χ1) is 25.3. The lowest BCUT2D eigenvalue weighted by atomic mass is 9.71. The number of amides is 1. The molecule has 4 fully saturated rings. The molecule has 12 nitrogen and oxygen atoms in total. The first-order valence-corrected chi connectivity index (χ1v) is 18.5. The monoisotopic (exact) mass is 738 g/mol. The zero-order chi connectivity index (χ0) is 37.1. The van der Waals surface area contributed by atoms with Crippen LogP contribution in [0.25, 0.3) is 0 Å². The Bertz CT molecular complexity index is 1880. The number of hydrogen-bond donors (Lipinski definition) is 2. The van der Waals surface area contributed by atoms with Crippen molar-refractivity contribution >= 4 is 29.5 Å². The highest BCUT2D eigenvalue weighted by Crippen LogP contribution is 2.53. The second-order valence-corrected chi connectivity index (χ2v) is 15.7. The van der Waals surface area contributed by atoms with Crippen LogP contribution >= 0.6 is 0 Å². The molecule has 0 radical (unpaired) electrons. The second-order valence-electron chi connectivity index (χ2n) is 15.7. The van der Waals surface area contributed by atoms with Crippen molar-refractivity contribution in [3.05, 3.63) is 53.5 Å². The lowest BCUT2D eigenvalue weighted by Crippen LogP contribution is -2.57. The van der Waals surface area contributed by atoms with Crippen LogP contribution < -0.4 is 19.9 Å².